The molecule has 0 aliphatic carbocycles. The van der Waals surface area contributed by atoms with Crippen LogP contribution in [0.5, 0.6) is 0 Å². The lowest BCUT2D eigenvalue weighted by molar-refractivity contribution is 0.449. The molecule has 0 bridgehead atoms. The SMILES string of the molecule is CCC(CC)CNCc1cccc(S(N)(=O)=O)c1. The first-order chi connectivity index (χ1) is 8.47. The molecule has 0 heterocycles. The number of nitrogens with one attached hydrogen (secondary N) is 1. The smallest absolute Gasteiger partial charge is 0.238 e. The van der Waals surface area contributed by atoms with E-state index in [0.29, 0.717) is 12.5 Å². The topological polar surface area (TPSA) is 72.2 Å². The van der Waals surface area contributed by atoms with Gasteiger partial charge in [0.15, 0.2) is 0 Å². The Balaban J connectivity index is 2.58. The number of nitrogens with two attached hydrogens (primary N) is 1. The minimum absolute atomic E-state index is 0.171. The lowest BCUT2D eigenvalue weighted by atomic mass is 10.0. The van der Waals surface area contributed by atoms with Crippen LogP contribution in [0, 0.1) is 5.92 Å². The second-order valence-corrected chi connectivity index (χ2v) is 6.07. The zero-order valence-corrected chi connectivity index (χ0v) is 11.8. The van der Waals surface area contributed by atoms with Gasteiger partial charge in [0, 0.05) is 6.54 Å². The van der Waals surface area contributed by atoms with E-state index >= 15 is 0 Å². The molecule has 0 radical (unpaired) electrons. The lowest BCUT2D eigenvalue weighted by Crippen LogP contribution is -2.22. The minimum Gasteiger partial charge on any atom is -0.312 e. The van der Waals surface area contributed by atoms with E-state index < -0.39 is 10.0 Å². The molecule has 0 amide bonds. The molecule has 3 N–H and O–H groups in total. The number of sulfonamides is 1. The van der Waals surface area contributed by atoms with Gasteiger partial charge in [-0.15, -0.1) is 0 Å². The van der Waals surface area contributed by atoms with Crippen LogP contribution in [0.3, 0.4) is 0 Å². The van der Waals surface area contributed by atoms with E-state index in [1.807, 2.05) is 6.07 Å². The van der Waals surface area contributed by atoms with Crippen molar-refractivity contribution < 1.29 is 8.42 Å². The molecule has 0 aliphatic heterocycles. The quantitative estimate of drug-likeness (QED) is 0.794. The molecule has 0 spiro atoms. The predicted octanol–water partition coefficient (Wildman–Crippen LogP) is 1.86. The van der Waals surface area contributed by atoms with Gasteiger partial charge in [0.05, 0.1) is 4.90 Å². The zero-order chi connectivity index (χ0) is 13.6. The van der Waals surface area contributed by atoms with Crippen molar-refractivity contribution in [1.82, 2.24) is 5.32 Å². The fourth-order valence-electron chi connectivity index (χ4n) is 1.83. The van der Waals surface area contributed by atoms with Gasteiger partial charge in [-0.3, -0.25) is 0 Å². The Labute approximate surface area is 110 Å². The molecule has 0 atom stereocenters. The maximum Gasteiger partial charge on any atom is 0.238 e. The van der Waals surface area contributed by atoms with Gasteiger partial charge < -0.3 is 5.32 Å². The van der Waals surface area contributed by atoms with E-state index in [2.05, 4.69) is 19.2 Å². The molecule has 1 aromatic rings. The summed E-state index contributed by atoms with van der Waals surface area (Å²) >= 11 is 0. The third-order valence-electron chi connectivity index (χ3n) is 3.14. The van der Waals surface area contributed by atoms with Crippen LogP contribution in [0.4, 0.5) is 0 Å². The van der Waals surface area contributed by atoms with E-state index in [-0.39, 0.29) is 4.90 Å². The maximum absolute atomic E-state index is 11.2. The minimum atomic E-state index is -3.60. The van der Waals surface area contributed by atoms with Crippen molar-refractivity contribution in [2.75, 3.05) is 6.54 Å². The average molecular weight is 270 g/mol. The van der Waals surface area contributed by atoms with Crippen molar-refractivity contribution in [3.8, 4) is 0 Å². The highest BCUT2D eigenvalue weighted by Gasteiger charge is 2.08. The van der Waals surface area contributed by atoms with Crippen molar-refractivity contribution in [3.05, 3.63) is 29.8 Å². The highest BCUT2D eigenvalue weighted by molar-refractivity contribution is 7.89. The maximum atomic E-state index is 11.2. The zero-order valence-electron chi connectivity index (χ0n) is 11.0. The largest absolute Gasteiger partial charge is 0.312 e. The molecule has 0 saturated heterocycles. The first kappa shape index (κ1) is 15.1. The number of primary sulfonamides is 1. The van der Waals surface area contributed by atoms with Crippen LogP contribution in [-0.4, -0.2) is 15.0 Å². The second-order valence-electron chi connectivity index (χ2n) is 4.51. The van der Waals surface area contributed by atoms with Crippen LogP contribution in [0.15, 0.2) is 29.2 Å². The van der Waals surface area contributed by atoms with E-state index in [0.717, 1.165) is 24.9 Å². The van der Waals surface area contributed by atoms with Gasteiger partial charge in [-0.25, -0.2) is 13.6 Å². The molecule has 18 heavy (non-hydrogen) atoms. The van der Waals surface area contributed by atoms with E-state index in [1.165, 1.54) is 6.07 Å². The first-order valence-corrected chi connectivity index (χ1v) is 7.84. The van der Waals surface area contributed by atoms with Gasteiger partial charge in [0.1, 0.15) is 0 Å². The summed E-state index contributed by atoms with van der Waals surface area (Å²) in [7, 11) is -3.60. The Hall–Kier alpha value is -0.910. The van der Waals surface area contributed by atoms with Crippen molar-refractivity contribution in [1.29, 1.82) is 0 Å². The Morgan fingerprint density at radius 2 is 1.94 bits per heavy atom. The molecule has 1 aromatic carbocycles. The van der Waals surface area contributed by atoms with Crippen LogP contribution in [0.1, 0.15) is 32.3 Å². The molecule has 0 fully saturated rings. The summed E-state index contributed by atoms with van der Waals surface area (Å²) in [5.41, 5.74) is 0.937. The summed E-state index contributed by atoms with van der Waals surface area (Å²) in [5.74, 6) is 0.673. The lowest BCUT2D eigenvalue weighted by Gasteiger charge is -2.13. The standard InChI is InChI=1S/C13H22N2O2S/c1-3-11(4-2)9-15-10-12-6-5-7-13(8-12)18(14,16)17/h5-8,11,15H,3-4,9-10H2,1-2H3,(H2,14,16,17). The highest BCUT2D eigenvalue weighted by atomic mass is 32.2. The number of hydrogen-bond donors (Lipinski definition) is 2. The van der Waals surface area contributed by atoms with Gasteiger partial charge in [-0.1, -0.05) is 38.8 Å². The van der Waals surface area contributed by atoms with Crippen molar-refractivity contribution in [3.63, 3.8) is 0 Å². The Bertz CT molecular complexity index is 468. The number of rotatable bonds is 7. The number of benzene rings is 1. The van der Waals surface area contributed by atoms with E-state index in [4.69, 9.17) is 5.14 Å². The van der Waals surface area contributed by atoms with Crippen molar-refractivity contribution in [2.45, 2.75) is 38.1 Å². The van der Waals surface area contributed by atoms with E-state index in [9.17, 15) is 8.42 Å². The Kier molecular flexibility index (Phi) is 5.78. The third-order valence-corrected chi connectivity index (χ3v) is 4.05. The van der Waals surface area contributed by atoms with Crippen molar-refractivity contribution >= 4 is 10.0 Å². The summed E-state index contributed by atoms with van der Waals surface area (Å²) in [5, 5.41) is 8.44. The van der Waals surface area contributed by atoms with Gasteiger partial charge in [0.2, 0.25) is 10.0 Å². The molecular weight excluding hydrogens is 248 g/mol. The summed E-state index contributed by atoms with van der Waals surface area (Å²) in [6.45, 7) is 5.97. The van der Waals surface area contributed by atoms with Crippen LogP contribution >= 0.6 is 0 Å². The van der Waals surface area contributed by atoms with E-state index in [1.54, 1.807) is 12.1 Å². The molecule has 0 aliphatic rings. The average Bonchev–Trinajstić information content (AvgIpc) is 2.34. The third kappa shape index (κ3) is 4.76. The summed E-state index contributed by atoms with van der Waals surface area (Å²) in [6, 6.07) is 6.75. The Morgan fingerprint density at radius 3 is 2.50 bits per heavy atom. The highest BCUT2D eigenvalue weighted by Crippen LogP contribution is 2.10. The fraction of sp³-hybridized carbons (Fsp3) is 0.538. The normalized spacial score (nSPS) is 12.0. The molecular formula is C13H22N2O2S. The van der Waals surface area contributed by atoms with Crippen LogP contribution in [0.25, 0.3) is 0 Å². The summed E-state index contributed by atoms with van der Waals surface area (Å²) in [6.07, 6.45) is 2.31. The molecule has 4 nitrogen and oxygen atoms in total. The van der Waals surface area contributed by atoms with Gasteiger partial charge in [0.25, 0.3) is 0 Å². The van der Waals surface area contributed by atoms with Gasteiger partial charge >= 0.3 is 0 Å². The second kappa shape index (κ2) is 6.87. The van der Waals surface area contributed by atoms with Crippen LogP contribution in [-0.2, 0) is 16.6 Å². The molecule has 0 aromatic heterocycles. The number of hydrogen-bond acceptors (Lipinski definition) is 3. The monoisotopic (exact) mass is 270 g/mol. The molecule has 0 unspecified atom stereocenters. The van der Waals surface area contributed by atoms with Crippen molar-refractivity contribution in [2.24, 2.45) is 11.1 Å². The molecule has 1 rings (SSSR count). The van der Waals surface area contributed by atoms with Gasteiger partial charge in [-0.05, 0) is 30.2 Å². The fourth-order valence-corrected chi connectivity index (χ4v) is 2.41. The Morgan fingerprint density at radius 1 is 1.28 bits per heavy atom. The summed E-state index contributed by atoms with van der Waals surface area (Å²) in [4.78, 5) is 0.171. The molecule has 0 saturated carbocycles. The van der Waals surface area contributed by atoms with Gasteiger partial charge in [-0.2, -0.15) is 0 Å². The molecule has 5 heteroatoms. The first-order valence-electron chi connectivity index (χ1n) is 6.29. The van der Waals surface area contributed by atoms with Crippen LogP contribution in [0.2, 0.25) is 0 Å². The molecule has 102 valence electrons. The predicted molar refractivity (Wildman–Crippen MR) is 73.6 cm³/mol. The van der Waals surface area contributed by atoms with Crippen LogP contribution < -0.4 is 10.5 Å². The summed E-state index contributed by atoms with van der Waals surface area (Å²) < 4.78 is 22.4.